The Bertz CT molecular complexity index is 4320. The average molecular weight is 1970 g/mol. The molecule has 16 nitrogen and oxygen atoms in total. The van der Waals surface area contributed by atoms with Gasteiger partial charge in [-0.25, -0.2) is 14.4 Å². The smallest absolute Gasteiger partial charge is 0.488 e. The van der Waals surface area contributed by atoms with Gasteiger partial charge in [-0.3, -0.25) is 4.79 Å². The van der Waals surface area contributed by atoms with Crippen LogP contribution in [-0.4, -0.2) is 79.7 Å². The fraction of sp³-hybridized carbons (Fsp3) is 0.539. The Labute approximate surface area is 824 Å². The number of aliphatic hydroxyl groups excluding tert-OH is 1. The SMILES string of the molecule is CCCCCCCCCCCCCCCCCCOc1cc(C)ccc1CO.CCCCCCCCCCCCCCCCCCOc1cc(C)ccc1COC(=O)c1ccc(-c2cccc(C(=O)OC)c2)cc1.CCCCCCCCCCCCCCCCCCOc1cc(C)ccc1COC(=O)c1ccc(Br)cc1.Cc1cccc(B(O)O)c1.O=C=O.O=COc1ccc(Br)cc1. The molecular formula is C115H165BBr2O16. The molecule has 0 unspecified atom stereocenters. The van der Waals surface area contributed by atoms with Crippen LogP contribution in [0.4, 0.5) is 0 Å². The van der Waals surface area contributed by atoms with Crippen LogP contribution in [0.15, 0.2) is 185 Å². The van der Waals surface area contributed by atoms with Gasteiger partial charge in [-0.1, -0.05) is 432 Å². The summed E-state index contributed by atoms with van der Waals surface area (Å²) in [5, 5.41) is 26.8. The largest absolute Gasteiger partial charge is 0.493 e. The first-order valence-electron chi connectivity index (χ1n) is 50.8. The molecule has 738 valence electrons. The average Bonchev–Trinajstić information content (AvgIpc) is 0.840. The third-order valence-electron chi connectivity index (χ3n) is 23.5. The molecule has 0 fully saturated rings. The van der Waals surface area contributed by atoms with Crippen LogP contribution in [0.5, 0.6) is 23.0 Å². The number of hydrogen-bond donors (Lipinski definition) is 3. The minimum absolute atomic E-state index is 0.0502. The van der Waals surface area contributed by atoms with Crippen molar-refractivity contribution in [1.82, 2.24) is 0 Å². The second-order valence-corrected chi connectivity index (χ2v) is 37.1. The summed E-state index contributed by atoms with van der Waals surface area (Å²) in [4.78, 5) is 63.1. The van der Waals surface area contributed by atoms with E-state index in [0.717, 1.165) is 96.6 Å². The van der Waals surface area contributed by atoms with E-state index in [1.54, 1.807) is 78.9 Å². The lowest BCUT2D eigenvalue weighted by Crippen LogP contribution is -2.29. The van der Waals surface area contributed by atoms with Crippen molar-refractivity contribution in [3.05, 3.63) is 241 Å². The van der Waals surface area contributed by atoms with Crippen LogP contribution in [0.1, 0.15) is 399 Å². The molecule has 0 bridgehead atoms. The third-order valence-corrected chi connectivity index (χ3v) is 24.5. The minimum Gasteiger partial charge on any atom is -0.493 e. The Morgan fingerprint density at radius 3 is 0.940 bits per heavy atom. The number of carbonyl (C=O) groups excluding carboxylic acids is 6. The van der Waals surface area contributed by atoms with Crippen LogP contribution in [0.2, 0.25) is 0 Å². The van der Waals surface area contributed by atoms with E-state index in [2.05, 4.69) is 71.2 Å². The summed E-state index contributed by atoms with van der Waals surface area (Å²) in [6, 6.07) is 53.8. The molecule has 8 aromatic carbocycles. The lowest BCUT2D eigenvalue weighted by Gasteiger charge is -2.13. The van der Waals surface area contributed by atoms with Crippen molar-refractivity contribution in [2.75, 3.05) is 26.9 Å². The number of ether oxygens (including phenoxy) is 7. The monoisotopic (exact) mass is 1970 g/mol. The number of aryl methyl sites for hydroxylation is 4. The number of halogens is 2. The van der Waals surface area contributed by atoms with Gasteiger partial charge < -0.3 is 48.3 Å². The summed E-state index contributed by atoms with van der Waals surface area (Å²) in [5.41, 5.74) is 10.9. The first-order chi connectivity index (χ1) is 65.3. The van der Waals surface area contributed by atoms with Crippen LogP contribution >= 0.6 is 31.9 Å². The van der Waals surface area contributed by atoms with Crippen LogP contribution in [0, 0.1) is 27.7 Å². The van der Waals surface area contributed by atoms with E-state index >= 15 is 0 Å². The maximum absolute atomic E-state index is 12.8. The molecule has 0 atom stereocenters. The fourth-order valence-corrected chi connectivity index (χ4v) is 16.0. The van der Waals surface area contributed by atoms with E-state index in [1.165, 1.54) is 302 Å². The molecule has 19 heteroatoms. The quantitative estimate of drug-likeness (QED) is 0.0106. The molecule has 0 heterocycles. The molecule has 0 radical (unpaired) electrons. The Balaban J connectivity index is 0.000000468. The zero-order chi connectivity index (χ0) is 97.3. The zero-order valence-electron chi connectivity index (χ0n) is 83.0. The fourth-order valence-electron chi connectivity index (χ4n) is 15.4. The zero-order valence-corrected chi connectivity index (χ0v) is 86.2. The van der Waals surface area contributed by atoms with Gasteiger partial charge in [0.2, 0.25) is 0 Å². The Hall–Kier alpha value is -8.68. The highest BCUT2D eigenvalue weighted by atomic mass is 79.9. The lowest BCUT2D eigenvalue weighted by molar-refractivity contribution is -0.191. The molecule has 8 aromatic rings. The van der Waals surface area contributed by atoms with Gasteiger partial charge in [0.15, 0.2) is 0 Å². The summed E-state index contributed by atoms with van der Waals surface area (Å²) < 4.78 is 40.6. The number of methoxy groups -OCH3 is 1. The van der Waals surface area contributed by atoms with Gasteiger partial charge in [-0.2, -0.15) is 9.59 Å². The Morgan fingerprint density at radius 2 is 0.634 bits per heavy atom. The summed E-state index contributed by atoms with van der Waals surface area (Å²) in [5.74, 6) is 1.92. The van der Waals surface area contributed by atoms with E-state index in [4.69, 9.17) is 48.1 Å². The predicted octanol–water partition coefficient (Wildman–Crippen LogP) is 31.4. The van der Waals surface area contributed by atoms with Gasteiger partial charge in [0.25, 0.3) is 6.47 Å². The van der Waals surface area contributed by atoms with Crippen molar-refractivity contribution in [1.29, 1.82) is 0 Å². The highest BCUT2D eigenvalue weighted by molar-refractivity contribution is 9.10. The Kier molecular flexibility index (Phi) is 72.7. The summed E-state index contributed by atoms with van der Waals surface area (Å²) in [7, 11) is 0.0169. The first-order valence-corrected chi connectivity index (χ1v) is 52.4. The molecule has 0 aliphatic rings. The van der Waals surface area contributed by atoms with E-state index in [-0.39, 0.29) is 43.9 Å². The number of unbranched alkanes of at least 4 members (excludes halogenated alkanes) is 45. The number of hydrogen-bond acceptors (Lipinski definition) is 16. The van der Waals surface area contributed by atoms with Crippen molar-refractivity contribution < 1.29 is 77.1 Å². The Morgan fingerprint density at radius 1 is 0.336 bits per heavy atom. The molecule has 0 aromatic heterocycles. The highest BCUT2D eigenvalue weighted by Gasteiger charge is 2.16. The molecule has 0 amide bonds. The van der Waals surface area contributed by atoms with E-state index in [0.29, 0.717) is 47.6 Å². The number of aliphatic hydroxyl groups is 1. The lowest BCUT2D eigenvalue weighted by atomic mass is 9.80. The predicted molar refractivity (Wildman–Crippen MR) is 557 cm³/mol. The molecule has 0 aliphatic heterocycles. The van der Waals surface area contributed by atoms with Crippen LogP contribution < -0.4 is 24.4 Å². The first kappa shape index (κ1) is 119. The maximum atomic E-state index is 12.8. The van der Waals surface area contributed by atoms with Gasteiger partial charge in [0, 0.05) is 25.6 Å². The van der Waals surface area contributed by atoms with Gasteiger partial charge in [-0.15, -0.1) is 0 Å². The molecular weight excluding hydrogens is 1810 g/mol. The number of rotatable bonds is 66. The maximum Gasteiger partial charge on any atom is 0.488 e. The van der Waals surface area contributed by atoms with Crippen LogP contribution in [0.25, 0.3) is 11.1 Å². The van der Waals surface area contributed by atoms with Crippen molar-refractivity contribution in [3.8, 4) is 34.1 Å². The highest BCUT2D eigenvalue weighted by Crippen LogP contribution is 2.29. The molecule has 0 saturated heterocycles. The van der Waals surface area contributed by atoms with Crippen molar-refractivity contribution >= 4 is 75.0 Å². The van der Waals surface area contributed by atoms with Gasteiger partial charge in [-0.05, 0) is 171 Å². The van der Waals surface area contributed by atoms with Crippen LogP contribution in [-0.2, 0) is 48.4 Å². The molecule has 134 heavy (non-hydrogen) atoms. The van der Waals surface area contributed by atoms with Gasteiger partial charge >= 0.3 is 31.2 Å². The molecule has 8 rings (SSSR count). The normalized spacial score (nSPS) is 10.5. The van der Waals surface area contributed by atoms with Crippen LogP contribution in [0.3, 0.4) is 0 Å². The standard InChI is InChI=1S/C41H56O5.C33H49BrO3.C26H46O2.C7H9BO2.C7H5BrO2.CO2/c1-4-5-6-7-8-9-10-11-12-13-14-15-16-17-18-19-29-45-39-30-33(2)23-24-38(39)32-46-41(43)35-27-25-34(26-28-35)36-21-20-22-37(31-36)40(42)44-3;1-3-4-5-6-7-8-9-10-11-12-13-14-15-16-17-18-25-36-32-26-28(2)19-20-30(32)27-37-33(35)29-21-23-31(34)24-22-29;1-3-4-5-6-7-8-9-10-11-12-13-14-15-16-17-18-21-28-26-22-24(2)19-20-25(26)23-27;1-6-3-2-4-7(5-6)8(9)10;8-6-1-3-7(4-2-6)10-5-9;2-1-3/h20-28,30-31H,4-19,29,32H2,1-3H3;19-24,26H,3-18,25,27H2,1-2H3;19-20,22,27H,3-18,21,23H2,1-2H3;2-5,9-10H,1H3;1-5H;. The number of carbonyl (C=O) groups is 4. The van der Waals surface area contributed by atoms with Gasteiger partial charge in [0.05, 0.1) is 50.2 Å². The van der Waals surface area contributed by atoms with E-state index in [1.807, 2.05) is 111 Å². The summed E-state index contributed by atoms with van der Waals surface area (Å²) >= 11 is 6.64. The van der Waals surface area contributed by atoms with Gasteiger partial charge in [0.1, 0.15) is 36.2 Å². The second kappa shape index (κ2) is 81.5. The minimum atomic E-state index is -1.35. The van der Waals surface area contributed by atoms with Crippen molar-refractivity contribution in [2.24, 2.45) is 0 Å². The number of benzene rings is 8. The topological polar surface area (TPSA) is 228 Å². The molecule has 0 saturated carbocycles. The summed E-state index contributed by atoms with van der Waals surface area (Å²) in [6.45, 7) is 17.9. The number of esters is 3. The van der Waals surface area contributed by atoms with E-state index in [9.17, 15) is 24.3 Å². The molecule has 0 aliphatic carbocycles. The van der Waals surface area contributed by atoms with Crippen molar-refractivity contribution in [2.45, 2.75) is 376 Å². The summed E-state index contributed by atoms with van der Waals surface area (Å²) in [6.07, 6.45) is 65.8. The molecule has 0 spiro atoms. The second-order valence-electron chi connectivity index (χ2n) is 35.3. The third kappa shape index (κ3) is 60.7. The van der Waals surface area contributed by atoms with Crippen molar-refractivity contribution in [3.63, 3.8) is 0 Å². The van der Waals surface area contributed by atoms with E-state index < -0.39 is 7.12 Å². The molecule has 3 N–H and O–H groups in total.